The first kappa shape index (κ1) is 7.21. The van der Waals surface area contributed by atoms with Crippen LogP contribution in [0, 0.1) is 0 Å². The fourth-order valence-corrected chi connectivity index (χ4v) is 0.330. The Bertz CT molecular complexity index is 76.6. The van der Waals surface area contributed by atoms with Gasteiger partial charge in [0.05, 0.1) is 0 Å². The van der Waals surface area contributed by atoms with Gasteiger partial charge in [0, 0.05) is 0 Å². The molecule has 0 unspecified atom stereocenters. The van der Waals surface area contributed by atoms with Gasteiger partial charge in [0.15, 0.2) is 0 Å². The molecule has 0 aliphatic rings. The molecular formula is C6H10O2. The normalized spacial score (nSPS) is 9.62. The van der Waals surface area contributed by atoms with Crippen LogP contribution < -0.4 is 0 Å². The SMILES string of the molecule is CCC=CCOC=O. The van der Waals surface area contributed by atoms with E-state index in [0.29, 0.717) is 13.1 Å². The first-order valence-electron chi connectivity index (χ1n) is 2.62. The first-order chi connectivity index (χ1) is 3.91. The Kier molecular flexibility index (Phi) is 5.60. The number of allylic oxidation sites excluding steroid dienone is 1. The fourth-order valence-electron chi connectivity index (χ4n) is 0.330. The van der Waals surface area contributed by atoms with E-state index in [0.717, 1.165) is 6.42 Å². The van der Waals surface area contributed by atoms with Crippen LogP contribution >= 0.6 is 0 Å². The Balaban J connectivity index is 2.90. The van der Waals surface area contributed by atoms with Crippen molar-refractivity contribution in [3.8, 4) is 0 Å². The number of ether oxygens (including phenoxy) is 1. The highest BCUT2D eigenvalue weighted by molar-refractivity contribution is 5.37. The molecule has 0 aromatic heterocycles. The molecule has 0 fully saturated rings. The summed E-state index contributed by atoms with van der Waals surface area (Å²) in [7, 11) is 0. The van der Waals surface area contributed by atoms with Crippen LogP contribution in [0.4, 0.5) is 0 Å². The molecule has 0 aliphatic carbocycles. The Labute approximate surface area is 49.1 Å². The second-order valence-electron chi connectivity index (χ2n) is 1.31. The van der Waals surface area contributed by atoms with Crippen LogP contribution in [0.25, 0.3) is 0 Å². The van der Waals surface area contributed by atoms with Crippen LogP contribution in [-0.4, -0.2) is 13.1 Å². The Morgan fingerprint density at radius 3 is 2.75 bits per heavy atom. The molecule has 0 aromatic carbocycles. The lowest BCUT2D eigenvalue weighted by molar-refractivity contribution is -0.127. The maximum absolute atomic E-state index is 9.51. The van der Waals surface area contributed by atoms with Gasteiger partial charge in [-0.15, -0.1) is 0 Å². The van der Waals surface area contributed by atoms with Crippen LogP contribution in [0.1, 0.15) is 13.3 Å². The summed E-state index contributed by atoms with van der Waals surface area (Å²) in [5.74, 6) is 0. The molecule has 0 spiro atoms. The molecule has 0 N–H and O–H groups in total. The fraction of sp³-hybridized carbons (Fsp3) is 0.500. The molecule has 0 heterocycles. The largest absolute Gasteiger partial charge is 0.464 e. The lowest BCUT2D eigenvalue weighted by atomic mass is 10.4. The third kappa shape index (κ3) is 5.21. The standard InChI is InChI=1S/C6H10O2/c1-2-3-4-5-8-6-7/h3-4,6H,2,5H2,1H3. The molecule has 0 aromatic rings. The van der Waals surface area contributed by atoms with Gasteiger partial charge in [-0.25, -0.2) is 0 Å². The third-order valence-electron chi connectivity index (χ3n) is 0.663. The van der Waals surface area contributed by atoms with Gasteiger partial charge < -0.3 is 4.74 Å². The maximum atomic E-state index is 9.51. The molecule has 0 bridgehead atoms. The molecule has 0 saturated heterocycles. The molecule has 8 heavy (non-hydrogen) atoms. The van der Waals surface area contributed by atoms with Crippen LogP contribution in [0.5, 0.6) is 0 Å². The molecule has 0 aliphatic heterocycles. The third-order valence-corrected chi connectivity index (χ3v) is 0.663. The average Bonchev–Trinajstić information content (AvgIpc) is 1.81. The summed E-state index contributed by atoms with van der Waals surface area (Å²) in [6.07, 6.45) is 4.75. The lowest BCUT2D eigenvalue weighted by Gasteiger charge is -1.85. The molecule has 2 heteroatoms. The lowest BCUT2D eigenvalue weighted by Crippen LogP contribution is -1.84. The van der Waals surface area contributed by atoms with Gasteiger partial charge in [-0.1, -0.05) is 19.1 Å². The molecule has 0 amide bonds. The van der Waals surface area contributed by atoms with Gasteiger partial charge in [0.1, 0.15) is 6.61 Å². The van der Waals surface area contributed by atoms with Crippen molar-refractivity contribution in [3.05, 3.63) is 12.2 Å². The molecule has 0 saturated carbocycles. The minimum absolute atomic E-state index is 0.400. The van der Waals surface area contributed by atoms with Crippen LogP contribution in [0.15, 0.2) is 12.2 Å². The summed E-state index contributed by atoms with van der Waals surface area (Å²) in [4.78, 5) is 9.51. The summed E-state index contributed by atoms with van der Waals surface area (Å²) in [6.45, 7) is 2.87. The number of rotatable bonds is 4. The zero-order valence-corrected chi connectivity index (χ0v) is 4.96. The van der Waals surface area contributed by atoms with E-state index in [1.165, 1.54) is 0 Å². The van der Waals surface area contributed by atoms with Crippen molar-refractivity contribution in [3.63, 3.8) is 0 Å². The minimum Gasteiger partial charge on any atom is -0.464 e. The Hall–Kier alpha value is -0.790. The molecule has 0 atom stereocenters. The average molecular weight is 114 g/mol. The van der Waals surface area contributed by atoms with Gasteiger partial charge in [-0.3, -0.25) is 4.79 Å². The van der Waals surface area contributed by atoms with Gasteiger partial charge in [0.2, 0.25) is 0 Å². The van der Waals surface area contributed by atoms with Gasteiger partial charge in [-0.05, 0) is 6.42 Å². The zero-order valence-electron chi connectivity index (χ0n) is 4.96. The number of hydrogen-bond donors (Lipinski definition) is 0. The van der Waals surface area contributed by atoms with Crippen LogP contribution in [-0.2, 0) is 9.53 Å². The number of carbonyl (C=O) groups is 1. The quantitative estimate of drug-likeness (QED) is 0.311. The van der Waals surface area contributed by atoms with E-state index < -0.39 is 0 Å². The molecule has 0 radical (unpaired) electrons. The smallest absolute Gasteiger partial charge is 0.293 e. The van der Waals surface area contributed by atoms with Crippen LogP contribution in [0.2, 0.25) is 0 Å². The maximum Gasteiger partial charge on any atom is 0.293 e. The number of hydrogen-bond acceptors (Lipinski definition) is 2. The van der Waals surface area contributed by atoms with Gasteiger partial charge >= 0.3 is 0 Å². The summed E-state index contributed by atoms with van der Waals surface area (Å²) >= 11 is 0. The van der Waals surface area contributed by atoms with E-state index in [1.807, 2.05) is 19.1 Å². The second kappa shape index (κ2) is 6.21. The number of carbonyl (C=O) groups excluding carboxylic acids is 1. The highest BCUT2D eigenvalue weighted by Gasteiger charge is 1.71. The van der Waals surface area contributed by atoms with E-state index in [4.69, 9.17) is 0 Å². The van der Waals surface area contributed by atoms with Gasteiger partial charge in [0.25, 0.3) is 6.47 Å². The van der Waals surface area contributed by atoms with Crippen molar-refractivity contribution in [2.45, 2.75) is 13.3 Å². The summed E-state index contributed by atoms with van der Waals surface area (Å²) < 4.78 is 4.37. The Morgan fingerprint density at radius 1 is 1.50 bits per heavy atom. The van der Waals surface area contributed by atoms with Crippen molar-refractivity contribution in [1.29, 1.82) is 0 Å². The van der Waals surface area contributed by atoms with E-state index in [1.54, 1.807) is 0 Å². The van der Waals surface area contributed by atoms with E-state index in [2.05, 4.69) is 4.74 Å². The van der Waals surface area contributed by atoms with E-state index in [9.17, 15) is 4.79 Å². The minimum atomic E-state index is 0.400. The highest BCUT2D eigenvalue weighted by Crippen LogP contribution is 1.78. The topological polar surface area (TPSA) is 26.3 Å². The zero-order chi connectivity index (χ0) is 6.24. The first-order valence-corrected chi connectivity index (χ1v) is 2.62. The molecular weight excluding hydrogens is 104 g/mol. The predicted octanol–water partition coefficient (Wildman–Crippen LogP) is 1.13. The monoisotopic (exact) mass is 114 g/mol. The summed E-state index contributed by atoms with van der Waals surface area (Å²) in [5, 5.41) is 0. The van der Waals surface area contributed by atoms with Crippen molar-refractivity contribution >= 4 is 6.47 Å². The predicted molar refractivity (Wildman–Crippen MR) is 31.4 cm³/mol. The van der Waals surface area contributed by atoms with Crippen molar-refractivity contribution in [2.24, 2.45) is 0 Å². The molecule has 46 valence electrons. The highest BCUT2D eigenvalue weighted by atomic mass is 16.5. The van der Waals surface area contributed by atoms with Crippen molar-refractivity contribution < 1.29 is 9.53 Å². The van der Waals surface area contributed by atoms with Crippen LogP contribution in [0.3, 0.4) is 0 Å². The molecule has 2 nitrogen and oxygen atoms in total. The van der Waals surface area contributed by atoms with Crippen molar-refractivity contribution in [1.82, 2.24) is 0 Å². The Morgan fingerprint density at radius 2 is 2.25 bits per heavy atom. The van der Waals surface area contributed by atoms with E-state index >= 15 is 0 Å². The summed E-state index contributed by atoms with van der Waals surface area (Å²) in [5.41, 5.74) is 0. The second-order valence-corrected chi connectivity index (χ2v) is 1.31. The summed E-state index contributed by atoms with van der Waals surface area (Å²) in [6, 6.07) is 0. The van der Waals surface area contributed by atoms with Crippen molar-refractivity contribution in [2.75, 3.05) is 6.61 Å². The van der Waals surface area contributed by atoms with E-state index in [-0.39, 0.29) is 0 Å². The van der Waals surface area contributed by atoms with Gasteiger partial charge in [-0.2, -0.15) is 0 Å². The molecule has 0 rings (SSSR count).